The van der Waals surface area contributed by atoms with Crippen molar-refractivity contribution in [1.29, 1.82) is 0 Å². The first-order valence-corrected chi connectivity index (χ1v) is 10.1. The lowest BCUT2D eigenvalue weighted by Gasteiger charge is -2.27. The number of likely N-dealkylation sites (N-methyl/N-ethyl adjacent to an activating group) is 1. The van der Waals surface area contributed by atoms with Gasteiger partial charge in [0.25, 0.3) is 0 Å². The van der Waals surface area contributed by atoms with E-state index in [0.29, 0.717) is 30.0 Å². The Morgan fingerprint density at radius 2 is 1.87 bits per heavy atom. The third-order valence-corrected chi connectivity index (χ3v) is 5.46. The average Bonchev–Trinajstić information content (AvgIpc) is 3.31. The lowest BCUT2D eigenvalue weighted by Crippen LogP contribution is -3.06. The molecule has 1 aliphatic heterocycles. The fourth-order valence-corrected chi connectivity index (χ4v) is 3.80. The molecule has 1 aromatic heterocycles. The van der Waals surface area contributed by atoms with Crippen LogP contribution >= 0.6 is 0 Å². The maximum absolute atomic E-state index is 13.4. The van der Waals surface area contributed by atoms with Crippen LogP contribution in [0.3, 0.4) is 0 Å². The molecule has 7 nitrogen and oxygen atoms in total. The van der Waals surface area contributed by atoms with Crippen LogP contribution in [0.4, 0.5) is 0 Å². The van der Waals surface area contributed by atoms with Gasteiger partial charge in [-0.3, -0.25) is 9.59 Å². The summed E-state index contributed by atoms with van der Waals surface area (Å²) < 4.78 is 10.9. The van der Waals surface area contributed by atoms with Crippen LogP contribution in [0.1, 0.15) is 22.2 Å². The Kier molecular flexibility index (Phi) is 5.52. The van der Waals surface area contributed by atoms with Crippen LogP contribution in [0.5, 0.6) is 5.75 Å². The molecule has 2 aromatic carbocycles. The van der Waals surface area contributed by atoms with Gasteiger partial charge in [-0.25, -0.2) is 0 Å². The number of ether oxygens (including phenoxy) is 1. The smallest absolute Gasteiger partial charge is 0.240 e. The van der Waals surface area contributed by atoms with Gasteiger partial charge in [-0.15, -0.1) is 0 Å². The molecule has 3 aromatic rings. The van der Waals surface area contributed by atoms with Crippen molar-refractivity contribution in [2.45, 2.75) is 6.04 Å². The highest BCUT2D eigenvalue weighted by atomic mass is 16.5. The SMILES string of the molecule is COc1ccc(C2C(C(=O)c3cc4ccccc4o3)=C([O-])C(=O)N2CC[NH+](C)C)cc1. The first kappa shape index (κ1) is 20.7. The Balaban J connectivity index is 1.77. The number of ketones is 1. The minimum atomic E-state index is -0.778. The van der Waals surface area contributed by atoms with Gasteiger partial charge >= 0.3 is 0 Å². The van der Waals surface area contributed by atoms with Gasteiger partial charge in [0.2, 0.25) is 11.7 Å². The van der Waals surface area contributed by atoms with Crippen molar-refractivity contribution in [3.63, 3.8) is 0 Å². The number of furan rings is 1. The van der Waals surface area contributed by atoms with Gasteiger partial charge in [0.05, 0.1) is 40.3 Å². The van der Waals surface area contributed by atoms with E-state index < -0.39 is 23.5 Å². The van der Waals surface area contributed by atoms with Crippen molar-refractivity contribution in [2.75, 3.05) is 34.3 Å². The van der Waals surface area contributed by atoms with Crippen LogP contribution in [0.2, 0.25) is 0 Å². The molecular formula is C24H24N2O5. The number of Topliss-reactive ketones (excluding diaryl/α,β-unsaturated/α-hetero) is 1. The van der Waals surface area contributed by atoms with Crippen molar-refractivity contribution in [1.82, 2.24) is 4.90 Å². The number of nitrogens with zero attached hydrogens (tertiary/aromatic N) is 1. The first-order chi connectivity index (χ1) is 14.9. The number of methoxy groups -OCH3 is 1. The van der Waals surface area contributed by atoms with Crippen LogP contribution in [-0.4, -0.2) is 50.9 Å². The Morgan fingerprint density at radius 1 is 1.16 bits per heavy atom. The summed E-state index contributed by atoms with van der Waals surface area (Å²) in [6, 6.07) is 15.1. The lowest BCUT2D eigenvalue weighted by atomic mass is 9.95. The fourth-order valence-electron chi connectivity index (χ4n) is 3.80. The summed E-state index contributed by atoms with van der Waals surface area (Å²) in [7, 11) is 5.50. The van der Waals surface area contributed by atoms with Gasteiger partial charge in [0.1, 0.15) is 11.3 Å². The minimum Gasteiger partial charge on any atom is -0.868 e. The van der Waals surface area contributed by atoms with E-state index in [1.165, 1.54) is 4.90 Å². The second-order valence-electron chi connectivity index (χ2n) is 7.85. The van der Waals surface area contributed by atoms with Crippen molar-refractivity contribution >= 4 is 22.7 Å². The Morgan fingerprint density at radius 3 is 2.52 bits per heavy atom. The van der Waals surface area contributed by atoms with Crippen molar-refractivity contribution in [2.24, 2.45) is 0 Å². The predicted molar refractivity (Wildman–Crippen MR) is 113 cm³/mol. The molecule has 2 heterocycles. The number of para-hydroxylation sites is 1. The van der Waals surface area contributed by atoms with Crippen LogP contribution in [0, 0.1) is 0 Å². The van der Waals surface area contributed by atoms with E-state index >= 15 is 0 Å². The maximum Gasteiger partial charge on any atom is 0.240 e. The van der Waals surface area contributed by atoms with Gasteiger partial charge in [0, 0.05) is 11.0 Å². The molecule has 0 saturated carbocycles. The lowest BCUT2D eigenvalue weighted by molar-refractivity contribution is -0.857. The van der Waals surface area contributed by atoms with Crippen LogP contribution in [-0.2, 0) is 4.79 Å². The highest BCUT2D eigenvalue weighted by Gasteiger charge is 2.40. The van der Waals surface area contributed by atoms with Gasteiger partial charge in [-0.1, -0.05) is 30.3 Å². The molecule has 1 aliphatic rings. The Bertz CT molecular complexity index is 1130. The van der Waals surface area contributed by atoms with E-state index in [0.717, 1.165) is 10.3 Å². The highest BCUT2D eigenvalue weighted by Crippen LogP contribution is 2.39. The molecule has 7 heteroatoms. The monoisotopic (exact) mass is 420 g/mol. The quantitative estimate of drug-likeness (QED) is 0.576. The number of hydrogen-bond acceptors (Lipinski definition) is 5. The third-order valence-electron chi connectivity index (χ3n) is 5.46. The standard InChI is InChI=1S/C24H24N2O5/c1-25(2)12-13-26-21(15-8-10-17(30-3)11-9-15)20(23(28)24(26)29)22(27)19-14-16-6-4-5-7-18(16)31-19/h4-11,14,21,28H,12-13H2,1-3H3. The van der Waals surface area contributed by atoms with E-state index in [1.807, 2.05) is 32.3 Å². The number of amides is 1. The van der Waals surface area contributed by atoms with Gasteiger partial charge < -0.3 is 24.1 Å². The fraction of sp³-hybridized carbons (Fsp3) is 0.250. The zero-order valence-corrected chi connectivity index (χ0v) is 17.7. The molecule has 31 heavy (non-hydrogen) atoms. The number of carbonyl (C=O) groups excluding carboxylic acids is 2. The topological polar surface area (TPSA) is 87.2 Å². The minimum absolute atomic E-state index is 0.0518. The van der Waals surface area contributed by atoms with Crippen molar-refractivity contribution < 1.29 is 28.7 Å². The summed E-state index contributed by atoms with van der Waals surface area (Å²) in [5, 5.41) is 13.7. The van der Waals surface area contributed by atoms with Gasteiger partial charge in [0.15, 0.2) is 5.76 Å². The van der Waals surface area contributed by atoms with Gasteiger partial charge in [-0.2, -0.15) is 0 Å². The summed E-state index contributed by atoms with van der Waals surface area (Å²) in [6.07, 6.45) is 0. The van der Waals surface area contributed by atoms with Crippen molar-refractivity contribution in [3.8, 4) is 5.75 Å². The normalized spacial score (nSPS) is 16.6. The van der Waals surface area contributed by atoms with E-state index in [4.69, 9.17) is 9.15 Å². The molecule has 1 N–H and O–H groups in total. The summed E-state index contributed by atoms with van der Waals surface area (Å²) in [6.45, 7) is 0.984. The molecule has 160 valence electrons. The zero-order valence-electron chi connectivity index (χ0n) is 17.7. The molecule has 0 spiro atoms. The van der Waals surface area contributed by atoms with Crippen LogP contribution < -0.4 is 14.7 Å². The second-order valence-corrected chi connectivity index (χ2v) is 7.85. The van der Waals surface area contributed by atoms with Crippen LogP contribution in [0.25, 0.3) is 11.0 Å². The van der Waals surface area contributed by atoms with Crippen LogP contribution in [0.15, 0.2) is 70.3 Å². The van der Waals surface area contributed by atoms with Crippen molar-refractivity contribution in [3.05, 3.63) is 77.3 Å². The van der Waals surface area contributed by atoms with E-state index in [1.54, 1.807) is 43.5 Å². The van der Waals surface area contributed by atoms with E-state index in [9.17, 15) is 14.7 Å². The third kappa shape index (κ3) is 3.80. The second kappa shape index (κ2) is 8.28. The van der Waals surface area contributed by atoms with E-state index in [-0.39, 0.29) is 11.3 Å². The molecular weight excluding hydrogens is 396 g/mol. The van der Waals surface area contributed by atoms with E-state index in [2.05, 4.69) is 0 Å². The molecule has 1 atom stereocenters. The molecule has 0 aliphatic carbocycles. The molecule has 4 rings (SSSR count). The summed E-state index contributed by atoms with van der Waals surface area (Å²) >= 11 is 0. The number of nitrogens with one attached hydrogen (secondary N) is 1. The number of fused-ring (bicyclic) bond motifs is 1. The molecule has 0 saturated heterocycles. The highest BCUT2D eigenvalue weighted by molar-refractivity contribution is 6.15. The number of quaternary nitrogens is 1. The molecule has 0 bridgehead atoms. The summed E-state index contributed by atoms with van der Waals surface area (Å²) in [4.78, 5) is 28.9. The largest absolute Gasteiger partial charge is 0.868 e. The Labute approximate surface area is 180 Å². The molecule has 1 unspecified atom stereocenters. The van der Waals surface area contributed by atoms with Gasteiger partial charge in [-0.05, 0) is 35.6 Å². The molecule has 0 radical (unpaired) electrons. The molecule has 1 amide bonds. The summed E-state index contributed by atoms with van der Waals surface area (Å²) in [5.74, 6) is -1.30. The number of carbonyl (C=O) groups is 2. The molecule has 0 fully saturated rings. The maximum atomic E-state index is 13.4. The number of rotatable bonds is 7. The first-order valence-electron chi connectivity index (χ1n) is 10.1. The Hall–Kier alpha value is -3.58. The predicted octanol–water partition coefficient (Wildman–Crippen LogP) is 0.966. The average molecular weight is 420 g/mol. The number of hydrogen-bond donors (Lipinski definition) is 1. The number of benzene rings is 2. The zero-order chi connectivity index (χ0) is 22.1. The summed E-state index contributed by atoms with van der Waals surface area (Å²) in [5.41, 5.74) is 1.15.